The summed E-state index contributed by atoms with van der Waals surface area (Å²) in [6, 6.07) is 4.84. The number of rotatable bonds is 4. The third-order valence-electron chi connectivity index (χ3n) is 2.91. The van der Waals surface area contributed by atoms with E-state index >= 15 is 0 Å². The molecule has 1 aromatic rings. The third-order valence-corrected chi connectivity index (χ3v) is 2.91. The molecule has 0 saturated heterocycles. The fourth-order valence-electron chi connectivity index (χ4n) is 2.07. The van der Waals surface area contributed by atoms with Gasteiger partial charge in [0.2, 0.25) is 0 Å². The predicted octanol–water partition coefficient (Wildman–Crippen LogP) is 2.31. The summed E-state index contributed by atoms with van der Waals surface area (Å²) in [4.78, 5) is 13.2. The number of ether oxygens (including phenoxy) is 1. The van der Waals surface area contributed by atoms with E-state index in [0.717, 1.165) is 24.2 Å². The molecular formula is C14H16FNO2. The lowest BCUT2D eigenvalue weighted by Crippen LogP contribution is -2.20. The summed E-state index contributed by atoms with van der Waals surface area (Å²) in [6.45, 7) is 3.59. The van der Waals surface area contributed by atoms with Gasteiger partial charge >= 0.3 is 5.97 Å². The van der Waals surface area contributed by atoms with E-state index in [1.54, 1.807) is 19.1 Å². The molecule has 0 aromatic heterocycles. The highest BCUT2D eigenvalue weighted by Crippen LogP contribution is 2.28. The summed E-state index contributed by atoms with van der Waals surface area (Å²) in [6.07, 6.45) is 4.08. The van der Waals surface area contributed by atoms with Crippen LogP contribution in [0.1, 0.15) is 12.5 Å². The summed E-state index contributed by atoms with van der Waals surface area (Å²) in [5.74, 6) is -0.564. The van der Waals surface area contributed by atoms with Gasteiger partial charge in [-0.2, -0.15) is 0 Å². The Hall–Kier alpha value is -1.84. The summed E-state index contributed by atoms with van der Waals surface area (Å²) in [5.41, 5.74) is 2.07. The molecule has 4 heteroatoms. The zero-order valence-corrected chi connectivity index (χ0v) is 10.4. The normalized spacial score (nSPS) is 14.0. The van der Waals surface area contributed by atoms with E-state index in [1.165, 1.54) is 12.1 Å². The molecule has 18 heavy (non-hydrogen) atoms. The van der Waals surface area contributed by atoms with Crippen LogP contribution in [0.4, 0.5) is 10.1 Å². The molecule has 1 aliphatic rings. The van der Waals surface area contributed by atoms with Crippen LogP contribution in [0.5, 0.6) is 0 Å². The Labute approximate surface area is 106 Å². The largest absolute Gasteiger partial charge is 0.463 e. The first kappa shape index (κ1) is 12.6. The van der Waals surface area contributed by atoms with Gasteiger partial charge in [-0.3, -0.25) is 0 Å². The highest BCUT2D eigenvalue weighted by atomic mass is 19.1. The second-order valence-electron chi connectivity index (χ2n) is 4.12. The van der Waals surface area contributed by atoms with Gasteiger partial charge in [-0.05, 0) is 31.0 Å². The zero-order valence-electron chi connectivity index (χ0n) is 10.4. The first-order valence-electron chi connectivity index (χ1n) is 6.07. The van der Waals surface area contributed by atoms with Gasteiger partial charge in [0.1, 0.15) is 5.82 Å². The van der Waals surface area contributed by atoms with Crippen LogP contribution in [0.25, 0.3) is 0 Å². The van der Waals surface area contributed by atoms with Crippen molar-refractivity contribution >= 4 is 11.7 Å². The van der Waals surface area contributed by atoms with Gasteiger partial charge in [0.05, 0.1) is 6.61 Å². The van der Waals surface area contributed by atoms with Gasteiger partial charge in [-0.15, -0.1) is 0 Å². The molecule has 2 rings (SSSR count). The average Bonchev–Trinajstić information content (AvgIpc) is 2.72. The van der Waals surface area contributed by atoms with Crippen molar-refractivity contribution in [3.8, 4) is 0 Å². The Kier molecular flexibility index (Phi) is 3.97. The molecule has 0 saturated carbocycles. The lowest BCUT2D eigenvalue weighted by atomic mass is 10.2. The standard InChI is InChI=1S/C14H16FNO2/c1-2-18-14(17)4-3-8-16-9-7-11-5-6-12(15)10-13(11)16/h3-6,10H,2,7-9H2,1H3/b4-3+. The molecular weight excluding hydrogens is 233 g/mol. The van der Waals surface area contributed by atoms with Gasteiger partial charge in [-0.25, -0.2) is 9.18 Å². The monoisotopic (exact) mass is 249 g/mol. The van der Waals surface area contributed by atoms with E-state index in [9.17, 15) is 9.18 Å². The number of carbonyl (C=O) groups is 1. The van der Waals surface area contributed by atoms with Crippen molar-refractivity contribution in [3.63, 3.8) is 0 Å². The molecule has 96 valence electrons. The second kappa shape index (κ2) is 5.67. The molecule has 0 spiro atoms. The maximum absolute atomic E-state index is 13.2. The summed E-state index contributed by atoms with van der Waals surface area (Å²) in [5, 5.41) is 0. The molecule has 0 amide bonds. The minimum Gasteiger partial charge on any atom is -0.463 e. The van der Waals surface area contributed by atoms with Gasteiger partial charge in [-0.1, -0.05) is 12.1 Å². The van der Waals surface area contributed by atoms with Gasteiger partial charge < -0.3 is 9.64 Å². The van der Waals surface area contributed by atoms with Gasteiger partial charge in [0.15, 0.2) is 0 Å². The third kappa shape index (κ3) is 2.88. The van der Waals surface area contributed by atoms with Crippen molar-refractivity contribution in [2.45, 2.75) is 13.3 Å². The van der Waals surface area contributed by atoms with Gasteiger partial charge in [0.25, 0.3) is 0 Å². The zero-order chi connectivity index (χ0) is 13.0. The Morgan fingerprint density at radius 1 is 1.56 bits per heavy atom. The summed E-state index contributed by atoms with van der Waals surface area (Å²) >= 11 is 0. The molecule has 1 aromatic carbocycles. The minimum absolute atomic E-state index is 0.227. The topological polar surface area (TPSA) is 29.5 Å². The van der Waals surface area contributed by atoms with E-state index in [-0.39, 0.29) is 11.8 Å². The van der Waals surface area contributed by atoms with E-state index in [2.05, 4.69) is 0 Å². The molecule has 0 bridgehead atoms. The van der Waals surface area contributed by atoms with Crippen LogP contribution in [-0.4, -0.2) is 25.7 Å². The number of fused-ring (bicyclic) bond motifs is 1. The average molecular weight is 249 g/mol. The number of benzene rings is 1. The molecule has 0 unspecified atom stereocenters. The molecule has 0 atom stereocenters. The number of halogens is 1. The minimum atomic E-state index is -0.337. The fraction of sp³-hybridized carbons (Fsp3) is 0.357. The van der Waals surface area contributed by atoms with Crippen LogP contribution in [0.3, 0.4) is 0 Å². The molecule has 0 N–H and O–H groups in total. The number of esters is 1. The smallest absolute Gasteiger partial charge is 0.330 e. The first-order valence-corrected chi connectivity index (χ1v) is 6.07. The molecule has 0 aliphatic carbocycles. The van der Waals surface area contributed by atoms with Crippen LogP contribution >= 0.6 is 0 Å². The van der Waals surface area contributed by atoms with E-state index in [4.69, 9.17) is 4.74 Å². The van der Waals surface area contributed by atoms with Crippen LogP contribution in [-0.2, 0) is 16.0 Å². The lowest BCUT2D eigenvalue weighted by molar-refractivity contribution is -0.137. The van der Waals surface area contributed by atoms with Crippen LogP contribution in [0.2, 0.25) is 0 Å². The summed E-state index contributed by atoms with van der Waals surface area (Å²) < 4.78 is 18.0. The highest BCUT2D eigenvalue weighted by Gasteiger charge is 2.18. The van der Waals surface area contributed by atoms with E-state index in [1.807, 2.05) is 11.0 Å². The number of nitrogens with zero attached hydrogens (tertiary/aromatic N) is 1. The fourth-order valence-corrected chi connectivity index (χ4v) is 2.07. The van der Waals surface area contributed by atoms with E-state index in [0.29, 0.717) is 13.2 Å². The molecule has 1 heterocycles. The van der Waals surface area contributed by atoms with Crippen LogP contribution < -0.4 is 4.90 Å². The number of anilines is 1. The van der Waals surface area contributed by atoms with Crippen LogP contribution in [0, 0.1) is 5.82 Å². The SMILES string of the molecule is CCOC(=O)/C=C/CN1CCc2ccc(F)cc21. The van der Waals surface area contributed by atoms with Crippen molar-refractivity contribution < 1.29 is 13.9 Å². The Morgan fingerprint density at radius 2 is 2.39 bits per heavy atom. The van der Waals surface area contributed by atoms with Gasteiger partial charge in [0, 0.05) is 24.9 Å². The first-order chi connectivity index (χ1) is 8.70. The molecule has 3 nitrogen and oxygen atoms in total. The predicted molar refractivity (Wildman–Crippen MR) is 68.1 cm³/mol. The van der Waals surface area contributed by atoms with Crippen molar-refractivity contribution in [1.82, 2.24) is 0 Å². The highest BCUT2D eigenvalue weighted by molar-refractivity contribution is 5.82. The number of hydrogen-bond donors (Lipinski definition) is 0. The van der Waals surface area contributed by atoms with Crippen LogP contribution in [0.15, 0.2) is 30.4 Å². The maximum Gasteiger partial charge on any atom is 0.330 e. The summed E-state index contributed by atoms with van der Waals surface area (Å²) in [7, 11) is 0. The van der Waals surface area contributed by atoms with Crippen molar-refractivity contribution in [2.24, 2.45) is 0 Å². The van der Waals surface area contributed by atoms with Crippen molar-refractivity contribution in [3.05, 3.63) is 41.7 Å². The van der Waals surface area contributed by atoms with E-state index < -0.39 is 0 Å². The number of hydrogen-bond acceptors (Lipinski definition) is 3. The van der Waals surface area contributed by atoms with Crippen molar-refractivity contribution in [1.29, 1.82) is 0 Å². The lowest BCUT2D eigenvalue weighted by Gasteiger charge is -2.16. The second-order valence-corrected chi connectivity index (χ2v) is 4.12. The molecule has 0 radical (unpaired) electrons. The van der Waals surface area contributed by atoms with Crippen molar-refractivity contribution in [2.75, 3.05) is 24.6 Å². The maximum atomic E-state index is 13.2. The quantitative estimate of drug-likeness (QED) is 0.606. The molecule has 1 aliphatic heterocycles. The Balaban J connectivity index is 1.97. The Morgan fingerprint density at radius 3 is 3.17 bits per heavy atom. The Bertz CT molecular complexity index is 471. The number of carbonyl (C=O) groups excluding carboxylic acids is 1. The molecule has 0 fully saturated rings.